The molecule has 0 saturated carbocycles. The molecule has 0 spiro atoms. The maximum absolute atomic E-state index is 5.65. The molecule has 1 rings (SSSR count). The fourth-order valence-corrected chi connectivity index (χ4v) is 2.74. The number of hydrogen-bond acceptors (Lipinski definition) is 5. The third kappa shape index (κ3) is 11.6. The smallest absolute Gasteiger partial charge is 0.191 e. The number of aliphatic imine (C=N–C) groups is 1. The molecule has 0 aliphatic rings. The number of guanidine groups is 1. The van der Waals surface area contributed by atoms with Crippen molar-refractivity contribution in [3.63, 3.8) is 0 Å². The minimum Gasteiger partial charge on any atom is -0.493 e. The van der Waals surface area contributed by atoms with Crippen molar-refractivity contribution >= 4 is 5.96 Å². The van der Waals surface area contributed by atoms with E-state index < -0.39 is 0 Å². The first-order chi connectivity index (χ1) is 14.2. The van der Waals surface area contributed by atoms with Crippen LogP contribution in [0.1, 0.15) is 38.7 Å². The van der Waals surface area contributed by atoms with Crippen LogP contribution in [-0.4, -0.2) is 66.2 Å². The zero-order chi connectivity index (χ0) is 21.2. The zero-order valence-electron chi connectivity index (χ0n) is 18.6. The first kappa shape index (κ1) is 25.0. The molecule has 1 aromatic rings. The number of rotatable bonds is 16. The SMILES string of the molecule is CCNC(=NCCCc1ccc(OC)c(OCC)c1)NCCCCOCCOC. The van der Waals surface area contributed by atoms with E-state index in [0.717, 1.165) is 69.4 Å². The minimum absolute atomic E-state index is 0.626. The van der Waals surface area contributed by atoms with Crippen LogP contribution in [0, 0.1) is 0 Å². The number of benzene rings is 1. The van der Waals surface area contributed by atoms with Gasteiger partial charge >= 0.3 is 0 Å². The van der Waals surface area contributed by atoms with Crippen LogP contribution in [-0.2, 0) is 15.9 Å². The largest absolute Gasteiger partial charge is 0.493 e. The Balaban J connectivity index is 2.32. The van der Waals surface area contributed by atoms with Gasteiger partial charge in [-0.2, -0.15) is 0 Å². The molecule has 29 heavy (non-hydrogen) atoms. The second kappa shape index (κ2) is 16.9. The molecule has 166 valence electrons. The number of hydrogen-bond donors (Lipinski definition) is 2. The van der Waals surface area contributed by atoms with E-state index in [1.165, 1.54) is 5.56 Å². The number of nitrogens with one attached hydrogen (secondary N) is 2. The molecule has 0 aromatic heterocycles. The number of nitrogens with zero attached hydrogens (tertiary/aromatic N) is 1. The molecule has 7 heteroatoms. The van der Waals surface area contributed by atoms with Gasteiger partial charge in [-0.1, -0.05) is 6.07 Å². The summed E-state index contributed by atoms with van der Waals surface area (Å²) in [5.41, 5.74) is 1.23. The number of unbranched alkanes of at least 4 members (excludes halogenated alkanes) is 1. The second-order valence-corrected chi connectivity index (χ2v) is 6.52. The average molecular weight is 410 g/mol. The van der Waals surface area contributed by atoms with E-state index in [0.29, 0.717) is 19.8 Å². The highest BCUT2D eigenvalue weighted by molar-refractivity contribution is 5.79. The van der Waals surface area contributed by atoms with Gasteiger partial charge in [0.05, 0.1) is 26.9 Å². The molecule has 0 heterocycles. The Hall–Kier alpha value is -1.99. The van der Waals surface area contributed by atoms with Crippen molar-refractivity contribution in [1.29, 1.82) is 0 Å². The number of methoxy groups -OCH3 is 2. The third-order valence-corrected chi connectivity index (χ3v) is 4.21. The van der Waals surface area contributed by atoms with Gasteiger partial charge in [0, 0.05) is 33.4 Å². The fraction of sp³-hybridized carbons (Fsp3) is 0.682. The van der Waals surface area contributed by atoms with Gasteiger partial charge in [-0.15, -0.1) is 0 Å². The average Bonchev–Trinajstić information content (AvgIpc) is 2.73. The highest BCUT2D eigenvalue weighted by atomic mass is 16.5. The van der Waals surface area contributed by atoms with Crippen molar-refractivity contribution < 1.29 is 18.9 Å². The Morgan fingerprint density at radius 2 is 1.83 bits per heavy atom. The normalized spacial score (nSPS) is 11.4. The van der Waals surface area contributed by atoms with Gasteiger partial charge < -0.3 is 29.6 Å². The van der Waals surface area contributed by atoms with Crippen molar-refractivity contribution in [2.24, 2.45) is 4.99 Å². The van der Waals surface area contributed by atoms with Crippen LogP contribution in [0.25, 0.3) is 0 Å². The van der Waals surface area contributed by atoms with E-state index in [-0.39, 0.29) is 0 Å². The van der Waals surface area contributed by atoms with Crippen LogP contribution >= 0.6 is 0 Å². The van der Waals surface area contributed by atoms with Crippen molar-refractivity contribution in [1.82, 2.24) is 10.6 Å². The molecule has 2 N–H and O–H groups in total. The summed E-state index contributed by atoms with van der Waals surface area (Å²) in [6.07, 6.45) is 3.99. The summed E-state index contributed by atoms with van der Waals surface area (Å²) in [4.78, 5) is 4.67. The summed E-state index contributed by atoms with van der Waals surface area (Å²) in [5, 5.41) is 6.68. The van der Waals surface area contributed by atoms with E-state index in [1.807, 2.05) is 13.0 Å². The van der Waals surface area contributed by atoms with Crippen LogP contribution in [0.3, 0.4) is 0 Å². The molecule has 0 unspecified atom stereocenters. The maximum atomic E-state index is 5.65. The predicted octanol–water partition coefficient (Wildman–Crippen LogP) is 3.02. The Morgan fingerprint density at radius 3 is 2.55 bits per heavy atom. The molecule has 0 aliphatic carbocycles. The fourth-order valence-electron chi connectivity index (χ4n) is 2.74. The van der Waals surface area contributed by atoms with Gasteiger partial charge in [0.2, 0.25) is 0 Å². The first-order valence-electron chi connectivity index (χ1n) is 10.6. The number of ether oxygens (including phenoxy) is 4. The van der Waals surface area contributed by atoms with Gasteiger partial charge in [-0.05, 0) is 57.2 Å². The van der Waals surface area contributed by atoms with Crippen molar-refractivity contribution in [2.45, 2.75) is 39.5 Å². The minimum atomic E-state index is 0.626. The van der Waals surface area contributed by atoms with Gasteiger partial charge in [-0.25, -0.2) is 0 Å². The summed E-state index contributed by atoms with van der Waals surface area (Å²) in [6.45, 7) is 9.26. The molecule has 0 fully saturated rings. The van der Waals surface area contributed by atoms with Crippen molar-refractivity contribution in [3.05, 3.63) is 23.8 Å². The molecular formula is C22H39N3O4. The molecular weight excluding hydrogens is 370 g/mol. The summed E-state index contributed by atoms with van der Waals surface area (Å²) >= 11 is 0. The third-order valence-electron chi connectivity index (χ3n) is 4.21. The van der Waals surface area contributed by atoms with Crippen LogP contribution < -0.4 is 20.1 Å². The Labute approximate surface area is 176 Å². The predicted molar refractivity (Wildman–Crippen MR) is 118 cm³/mol. The zero-order valence-corrected chi connectivity index (χ0v) is 18.6. The Morgan fingerprint density at radius 1 is 0.966 bits per heavy atom. The molecule has 0 aliphatic heterocycles. The van der Waals surface area contributed by atoms with Gasteiger partial charge in [0.15, 0.2) is 17.5 Å². The topological polar surface area (TPSA) is 73.3 Å². The first-order valence-corrected chi connectivity index (χ1v) is 10.6. The van der Waals surface area contributed by atoms with E-state index in [1.54, 1.807) is 14.2 Å². The summed E-state index contributed by atoms with van der Waals surface area (Å²) in [6, 6.07) is 6.11. The van der Waals surface area contributed by atoms with Crippen LogP contribution in [0.5, 0.6) is 11.5 Å². The van der Waals surface area contributed by atoms with Gasteiger partial charge in [-0.3, -0.25) is 4.99 Å². The second-order valence-electron chi connectivity index (χ2n) is 6.52. The lowest BCUT2D eigenvalue weighted by atomic mass is 10.1. The standard InChI is InChI=1S/C22H39N3O4/c1-5-23-22(24-13-7-8-15-28-17-16-26-3)25-14-9-10-19-11-12-20(27-4)21(18-19)29-6-2/h11-12,18H,5-10,13-17H2,1-4H3,(H2,23,24,25). The molecule has 0 bridgehead atoms. The Kier molecular flexibility index (Phi) is 14.6. The van der Waals surface area contributed by atoms with Crippen LogP contribution in [0.4, 0.5) is 0 Å². The highest BCUT2D eigenvalue weighted by Crippen LogP contribution is 2.28. The number of aryl methyl sites for hydroxylation is 1. The van der Waals surface area contributed by atoms with Gasteiger partial charge in [0.1, 0.15) is 0 Å². The van der Waals surface area contributed by atoms with E-state index in [4.69, 9.17) is 18.9 Å². The lowest BCUT2D eigenvalue weighted by Gasteiger charge is -2.12. The molecule has 0 atom stereocenters. The molecule has 0 amide bonds. The molecule has 1 aromatic carbocycles. The van der Waals surface area contributed by atoms with Gasteiger partial charge in [0.25, 0.3) is 0 Å². The highest BCUT2D eigenvalue weighted by Gasteiger charge is 2.05. The lowest BCUT2D eigenvalue weighted by molar-refractivity contribution is 0.0689. The van der Waals surface area contributed by atoms with E-state index in [2.05, 4.69) is 34.7 Å². The lowest BCUT2D eigenvalue weighted by Crippen LogP contribution is -2.38. The van der Waals surface area contributed by atoms with Crippen molar-refractivity contribution in [3.8, 4) is 11.5 Å². The Bertz CT molecular complexity index is 567. The van der Waals surface area contributed by atoms with Crippen LogP contribution in [0.2, 0.25) is 0 Å². The monoisotopic (exact) mass is 409 g/mol. The van der Waals surface area contributed by atoms with E-state index in [9.17, 15) is 0 Å². The quantitative estimate of drug-likeness (QED) is 0.248. The van der Waals surface area contributed by atoms with E-state index >= 15 is 0 Å². The summed E-state index contributed by atoms with van der Waals surface area (Å²) < 4.78 is 21.4. The summed E-state index contributed by atoms with van der Waals surface area (Å²) in [7, 11) is 3.35. The summed E-state index contributed by atoms with van der Waals surface area (Å²) in [5.74, 6) is 2.45. The molecule has 0 saturated heterocycles. The van der Waals surface area contributed by atoms with Crippen molar-refractivity contribution in [2.75, 3.05) is 60.3 Å². The maximum Gasteiger partial charge on any atom is 0.191 e. The van der Waals surface area contributed by atoms with Crippen LogP contribution in [0.15, 0.2) is 23.2 Å². The molecule has 7 nitrogen and oxygen atoms in total. The molecule has 0 radical (unpaired) electrons.